The van der Waals surface area contributed by atoms with Crippen LogP contribution in [0.15, 0.2) is 42.7 Å². The predicted molar refractivity (Wildman–Crippen MR) is 92.8 cm³/mol. The van der Waals surface area contributed by atoms with Gasteiger partial charge in [-0.05, 0) is 36.1 Å². The summed E-state index contributed by atoms with van der Waals surface area (Å²) in [7, 11) is 1.39. The van der Waals surface area contributed by atoms with Gasteiger partial charge in [0.2, 0.25) is 12.6 Å². The third-order valence-corrected chi connectivity index (χ3v) is 6.21. The van der Waals surface area contributed by atoms with Crippen molar-refractivity contribution in [3.8, 4) is 11.5 Å². The minimum atomic E-state index is -1.98. The quantitative estimate of drug-likeness (QED) is 0.800. The van der Waals surface area contributed by atoms with Crippen LogP contribution in [0.1, 0.15) is 24.8 Å². The number of ketones is 1. The Morgan fingerprint density at radius 2 is 2.12 bits per heavy atom. The van der Waals surface area contributed by atoms with Gasteiger partial charge in [-0.3, -0.25) is 4.79 Å². The zero-order valence-corrected chi connectivity index (χ0v) is 14.8. The largest absolute Gasteiger partial charge is 0.493 e. The molecule has 0 saturated heterocycles. The Labute approximate surface area is 151 Å². The van der Waals surface area contributed by atoms with E-state index in [2.05, 4.69) is 6.58 Å². The van der Waals surface area contributed by atoms with Crippen molar-refractivity contribution in [2.45, 2.75) is 31.0 Å². The highest BCUT2D eigenvalue weighted by Crippen LogP contribution is 2.63. The minimum Gasteiger partial charge on any atom is -0.493 e. The van der Waals surface area contributed by atoms with Crippen LogP contribution in [-0.2, 0) is 9.53 Å². The molecule has 0 spiro atoms. The summed E-state index contributed by atoms with van der Waals surface area (Å²) in [6.45, 7) is 5.86. The van der Waals surface area contributed by atoms with E-state index in [9.17, 15) is 15.0 Å². The Morgan fingerprint density at radius 3 is 2.81 bits per heavy atom. The first-order valence-corrected chi connectivity index (χ1v) is 8.62. The van der Waals surface area contributed by atoms with E-state index in [1.165, 1.54) is 7.11 Å². The SMILES string of the molecule is C=CC[C@@]12C=C(OC)C(=O)[C@](O)([C@H](c3ccc4c(c3)OCO4)[C@H]1C)[C@@H]2O. The summed E-state index contributed by atoms with van der Waals surface area (Å²) in [6.07, 6.45) is 2.51. The van der Waals surface area contributed by atoms with Gasteiger partial charge in [-0.1, -0.05) is 19.1 Å². The smallest absolute Gasteiger partial charge is 0.231 e. The number of fused-ring (bicyclic) bond motifs is 3. The average molecular weight is 358 g/mol. The van der Waals surface area contributed by atoms with Gasteiger partial charge in [-0.2, -0.15) is 0 Å². The van der Waals surface area contributed by atoms with Crippen LogP contribution in [0.3, 0.4) is 0 Å². The molecule has 0 unspecified atom stereocenters. The molecule has 0 aromatic heterocycles. The highest BCUT2D eigenvalue weighted by atomic mass is 16.7. The molecular formula is C20H22O6. The van der Waals surface area contributed by atoms with Crippen molar-refractivity contribution in [2.24, 2.45) is 11.3 Å². The summed E-state index contributed by atoms with van der Waals surface area (Å²) in [5, 5.41) is 22.5. The predicted octanol–water partition coefficient (Wildman–Crippen LogP) is 1.92. The maximum absolute atomic E-state index is 13.0. The molecule has 1 fully saturated rings. The summed E-state index contributed by atoms with van der Waals surface area (Å²) >= 11 is 0. The van der Waals surface area contributed by atoms with Crippen LogP contribution in [0.2, 0.25) is 0 Å². The first-order chi connectivity index (χ1) is 12.4. The third kappa shape index (κ3) is 1.91. The number of rotatable bonds is 4. The van der Waals surface area contributed by atoms with Crippen LogP contribution in [0, 0.1) is 11.3 Å². The highest BCUT2D eigenvalue weighted by molar-refractivity contribution is 6.03. The normalized spacial score (nSPS) is 37.5. The fraction of sp³-hybridized carbons (Fsp3) is 0.450. The fourth-order valence-corrected chi connectivity index (χ4v) is 4.91. The number of hydrogen-bond donors (Lipinski definition) is 2. The minimum absolute atomic E-state index is 0.0785. The van der Waals surface area contributed by atoms with Crippen molar-refractivity contribution in [3.63, 3.8) is 0 Å². The molecule has 1 saturated carbocycles. The molecule has 1 aliphatic heterocycles. The van der Waals surface area contributed by atoms with Gasteiger partial charge in [-0.25, -0.2) is 0 Å². The molecule has 0 amide bonds. The molecule has 0 radical (unpaired) electrons. The standard InChI is InChI=1S/C20H22O6/c1-4-7-19-9-15(24-3)17(21)20(23,18(19)22)16(11(19)2)12-5-6-13-14(8-12)26-10-25-13/h4-6,8-9,11,16,18,22-23H,1,7,10H2,2-3H3/t11-,16+,18-,19-,20-/m1/s1. The number of aliphatic hydroxyl groups excluding tert-OH is 1. The molecule has 1 aromatic rings. The van der Waals surface area contributed by atoms with Crippen molar-refractivity contribution in [1.82, 2.24) is 0 Å². The second kappa shape index (κ2) is 5.59. The van der Waals surface area contributed by atoms with Gasteiger partial charge in [0, 0.05) is 11.3 Å². The fourth-order valence-electron chi connectivity index (χ4n) is 4.91. The number of aliphatic hydroxyl groups is 2. The topological polar surface area (TPSA) is 85.2 Å². The van der Waals surface area contributed by atoms with E-state index in [1.807, 2.05) is 6.92 Å². The number of carbonyl (C=O) groups excluding carboxylic acids is 1. The molecule has 2 aliphatic carbocycles. The van der Waals surface area contributed by atoms with Crippen LogP contribution < -0.4 is 9.47 Å². The van der Waals surface area contributed by atoms with Crippen LogP contribution >= 0.6 is 0 Å². The average Bonchev–Trinajstić information content (AvgIpc) is 3.14. The summed E-state index contributed by atoms with van der Waals surface area (Å²) in [5.41, 5.74) is -2.10. The van der Waals surface area contributed by atoms with E-state index < -0.39 is 28.8 Å². The van der Waals surface area contributed by atoms with Gasteiger partial charge in [0.05, 0.1) is 7.11 Å². The van der Waals surface area contributed by atoms with Crippen molar-refractivity contribution >= 4 is 5.78 Å². The van der Waals surface area contributed by atoms with Gasteiger partial charge >= 0.3 is 0 Å². The van der Waals surface area contributed by atoms with E-state index in [1.54, 1.807) is 30.4 Å². The number of benzene rings is 1. The molecule has 6 heteroatoms. The molecule has 26 heavy (non-hydrogen) atoms. The Hall–Kier alpha value is -2.31. The molecule has 3 aliphatic rings. The van der Waals surface area contributed by atoms with Crippen molar-refractivity contribution in [3.05, 3.63) is 48.3 Å². The van der Waals surface area contributed by atoms with E-state index in [4.69, 9.17) is 14.2 Å². The summed E-state index contributed by atoms with van der Waals surface area (Å²) in [6, 6.07) is 5.34. The Bertz CT molecular complexity index is 815. The first kappa shape index (κ1) is 17.1. The van der Waals surface area contributed by atoms with Crippen LogP contribution in [0.5, 0.6) is 11.5 Å². The monoisotopic (exact) mass is 358 g/mol. The number of hydrogen-bond acceptors (Lipinski definition) is 6. The van der Waals surface area contributed by atoms with Crippen LogP contribution in [-0.4, -0.2) is 41.6 Å². The molecule has 6 nitrogen and oxygen atoms in total. The van der Waals surface area contributed by atoms with Crippen molar-refractivity contribution in [2.75, 3.05) is 13.9 Å². The molecular weight excluding hydrogens is 336 g/mol. The lowest BCUT2D eigenvalue weighted by molar-refractivity contribution is -0.155. The van der Waals surface area contributed by atoms with Gasteiger partial charge in [0.25, 0.3) is 0 Å². The molecule has 4 rings (SSSR count). The Kier molecular flexibility index (Phi) is 3.68. The van der Waals surface area contributed by atoms with E-state index in [-0.39, 0.29) is 18.5 Å². The van der Waals surface area contributed by atoms with Crippen LogP contribution in [0.25, 0.3) is 0 Å². The highest BCUT2D eigenvalue weighted by Gasteiger charge is 2.71. The van der Waals surface area contributed by atoms with E-state index in [0.717, 1.165) is 0 Å². The number of methoxy groups -OCH3 is 1. The van der Waals surface area contributed by atoms with Gasteiger partial charge in [0.1, 0.15) is 6.10 Å². The van der Waals surface area contributed by atoms with Crippen molar-refractivity contribution in [1.29, 1.82) is 0 Å². The number of carbonyl (C=O) groups is 1. The summed E-state index contributed by atoms with van der Waals surface area (Å²) in [4.78, 5) is 13.0. The Morgan fingerprint density at radius 1 is 1.38 bits per heavy atom. The number of Topliss-reactive ketones (excluding diaryl/α,β-unsaturated/α-hetero) is 1. The molecule has 2 N–H and O–H groups in total. The maximum Gasteiger partial charge on any atom is 0.231 e. The lowest BCUT2D eigenvalue weighted by Gasteiger charge is -2.39. The lowest BCUT2D eigenvalue weighted by atomic mass is 9.70. The van der Waals surface area contributed by atoms with Gasteiger partial charge in [-0.15, -0.1) is 6.58 Å². The van der Waals surface area contributed by atoms with Gasteiger partial charge in [0.15, 0.2) is 22.9 Å². The lowest BCUT2D eigenvalue weighted by Crippen LogP contribution is -2.56. The Balaban J connectivity index is 1.90. The zero-order chi connectivity index (χ0) is 18.7. The zero-order valence-electron chi connectivity index (χ0n) is 14.8. The molecule has 5 atom stereocenters. The molecule has 138 valence electrons. The van der Waals surface area contributed by atoms with Crippen molar-refractivity contribution < 1.29 is 29.2 Å². The molecule has 1 heterocycles. The summed E-state index contributed by atoms with van der Waals surface area (Å²) in [5.74, 6) is -0.188. The second-order valence-corrected chi connectivity index (χ2v) is 7.25. The third-order valence-electron chi connectivity index (χ3n) is 6.21. The number of allylic oxidation sites excluding steroid dienone is 1. The van der Waals surface area contributed by atoms with Gasteiger partial charge < -0.3 is 24.4 Å². The maximum atomic E-state index is 13.0. The molecule has 2 bridgehead atoms. The summed E-state index contributed by atoms with van der Waals surface area (Å²) < 4.78 is 16.0. The second-order valence-electron chi connectivity index (χ2n) is 7.25. The van der Waals surface area contributed by atoms with E-state index in [0.29, 0.717) is 23.5 Å². The first-order valence-electron chi connectivity index (χ1n) is 8.62. The van der Waals surface area contributed by atoms with E-state index >= 15 is 0 Å². The van der Waals surface area contributed by atoms with Crippen LogP contribution in [0.4, 0.5) is 0 Å². The molecule has 1 aromatic carbocycles. The number of ether oxygens (including phenoxy) is 3.